The monoisotopic (exact) mass is 309 g/mol. The molecule has 0 radical (unpaired) electrons. The van der Waals surface area contributed by atoms with Crippen molar-refractivity contribution in [3.63, 3.8) is 0 Å². The van der Waals surface area contributed by atoms with E-state index in [1.54, 1.807) is 0 Å². The molecule has 0 spiro atoms. The summed E-state index contributed by atoms with van der Waals surface area (Å²) in [7, 11) is 0. The van der Waals surface area contributed by atoms with Crippen molar-refractivity contribution in [1.82, 2.24) is 5.32 Å². The predicted octanol–water partition coefficient (Wildman–Crippen LogP) is 4.22. The molecule has 0 saturated carbocycles. The number of alkyl carbamates (subject to hydrolysis) is 1. The van der Waals surface area contributed by atoms with Crippen LogP contribution in [0.15, 0.2) is 24.3 Å². The average Bonchev–Trinajstić information content (AvgIpc) is 2.38. The summed E-state index contributed by atoms with van der Waals surface area (Å²) in [6, 6.07) is -0.00872. The van der Waals surface area contributed by atoms with Gasteiger partial charge in [0.05, 0.1) is 18.2 Å². The van der Waals surface area contributed by atoms with Crippen molar-refractivity contribution in [2.45, 2.75) is 78.2 Å². The summed E-state index contributed by atoms with van der Waals surface area (Å²) in [6.45, 7) is 15.6. The Balaban J connectivity index is 2.55. The highest BCUT2D eigenvalue weighted by Gasteiger charge is 2.34. The van der Waals surface area contributed by atoms with Crippen LogP contribution in [0.4, 0.5) is 4.79 Å². The third-order valence-corrected chi connectivity index (χ3v) is 3.91. The first-order valence-corrected chi connectivity index (χ1v) is 8.06. The highest BCUT2D eigenvalue weighted by molar-refractivity contribution is 5.68. The Morgan fingerprint density at radius 2 is 2.05 bits per heavy atom. The fraction of sp³-hybridized carbons (Fsp3) is 0.722. The van der Waals surface area contributed by atoms with E-state index in [4.69, 9.17) is 9.47 Å². The summed E-state index contributed by atoms with van der Waals surface area (Å²) in [6.07, 6.45) is 5.56. The van der Waals surface area contributed by atoms with E-state index in [1.807, 2.05) is 40.7 Å². The van der Waals surface area contributed by atoms with Gasteiger partial charge in [-0.1, -0.05) is 31.2 Å². The molecule has 4 nitrogen and oxygen atoms in total. The summed E-state index contributed by atoms with van der Waals surface area (Å²) >= 11 is 0. The summed E-state index contributed by atoms with van der Waals surface area (Å²) < 4.78 is 11.4. The van der Waals surface area contributed by atoms with Gasteiger partial charge in [0.15, 0.2) is 0 Å². The molecule has 1 aliphatic rings. The van der Waals surface area contributed by atoms with E-state index in [0.717, 1.165) is 18.4 Å². The zero-order valence-corrected chi connectivity index (χ0v) is 14.8. The molecule has 22 heavy (non-hydrogen) atoms. The van der Waals surface area contributed by atoms with Crippen molar-refractivity contribution in [2.24, 2.45) is 5.92 Å². The maximum absolute atomic E-state index is 11.9. The Bertz CT molecular complexity index is 423. The van der Waals surface area contributed by atoms with Gasteiger partial charge in [0.25, 0.3) is 0 Å². The van der Waals surface area contributed by atoms with Crippen molar-refractivity contribution < 1.29 is 14.3 Å². The second kappa shape index (κ2) is 7.82. The molecule has 1 heterocycles. The standard InChI is InChI=1S/C18H31NO3/c1-8-12(2)9-10-16-13(3)11-15(14(4)21-16)19-17(20)22-18(5,6)7/h8-9,13-16H,1,10-11H2,2-7H3,(H,19,20)/b12-9+/t13-,14+,15+,16-/m0/s1. The van der Waals surface area contributed by atoms with Crippen LogP contribution in [0.5, 0.6) is 0 Å². The first-order chi connectivity index (χ1) is 10.1. The molecule has 0 bridgehead atoms. The molecule has 4 heteroatoms. The Labute approximate surface area is 134 Å². The van der Waals surface area contributed by atoms with Crippen molar-refractivity contribution >= 4 is 6.09 Å². The van der Waals surface area contributed by atoms with Crippen LogP contribution >= 0.6 is 0 Å². The van der Waals surface area contributed by atoms with Crippen molar-refractivity contribution in [1.29, 1.82) is 0 Å². The van der Waals surface area contributed by atoms with E-state index in [2.05, 4.69) is 24.9 Å². The van der Waals surface area contributed by atoms with E-state index in [9.17, 15) is 4.79 Å². The third-order valence-electron chi connectivity index (χ3n) is 3.91. The molecule has 1 rings (SSSR count). The largest absolute Gasteiger partial charge is 0.444 e. The SMILES string of the molecule is C=C/C(C)=C/C[C@@H]1O[C@H](C)[C@H](NC(=O)OC(C)(C)C)C[C@@H]1C. The molecule has 1 fully saturated rings. The van der Waals surface area contributed by atoms with Gasteiger partial charge < -0.3 is 14.8 Å². The summed E-state index contributed by atoms with van der Waals surface area (Å²) in [5, 5.41) is 2.93. The minimum atomic E-state index is -0.482. The van der Waals surface area contributed by atoms with Crippen LogP contribution in [-0.4, -0.2) is 29.9 Å². The smallest absolute Gasteiger partial charge is 0.407 e. The fourth-order valence-electron chi connectivity index (χ4n) is 2.56. The maximum atomic E-state index is 11.9. The normalized spacial score (nSPS) is 29.8. The molecule has 0 aliphatic carbocycles. The maximum Gasteiger partial charge on any atom is 0.407 e. The Hall–Kier alpha value is -1.29. The van der Waals surface area contributed by atoms with Gasteiger partial charge in [0, 0.05) is 0 Å². The molecule has 1 amide bonds. The molecule has 0 aromatic carbocycles. The average molecular weight is 309 g/mol. The summed E-state index contributed by atoms with van der Waals surface area (Å²) in [4.78, 5) is 11.9. The second-order valence-corrected chi connectivity index (χ2v) is 7.23. The quantitative estimate of drug-likeness (QED) is 0.791. The van der Waals surface area contributed by atoms with Gasteiger partial charge in [-0.25, -0.2) is 4.79 Å². The molecular formula is C18H31NO3. The number of rotatable bonds is 4. The molecule has 0 aromatic heterocycles. The van der Waals surface area contributed by atoms with Gasteiger partial charge in [0.1, 0.15) is 5.60 Å². The van der Waals surface area contributed by atoms with Crippen molar-refractivity contribution in [3.8, 4) is 0 Å². The van der Waals surface area contributed by atoms with Gasteiger partial charge in [-0.15, -0.1) is 0 Å². The summed E-state index contributed by atoms with van der Waals surface area (Å²) in [5.74, 6) is 0.380. The lowest BCUT2D eigenvalue weighted by Crippen LogP contribution is -2.51. The van der Waals surface area contributed by atoms with E-state index >= 15 is 0 Å². The molecule has 4 atom stereocenters. The molecule has 126 valence electrons. The van der Waals surface area contributed by atoms with E-state index < -0.39 is 5.60 Å². The Kier molecular flexibility index (Phi) is 6.66. The van der Waals surface area contributed by atoms with Crippen LogP contribution < -0.4 is 5.32 Å². The van der Waals surface area contributed by atoms with E-state index in [-0.39, 0.29) is 24.3 Å². The predicted molar refractivity (Wildman–Crippen MR) is 89.8 cm³/mol. The zero-order valence-electron chi connectivity index (χ0n) is 14.8. The van der Waals surface area contributed by atoms with Crippen LogP contribution in [-0.2, 0) is 9.47 Å². The third kappa shape index (κ3) is 6.22. The number of allylic oxidation sites excluding steroid dienone is 2. The number of hydrogen-bond acceptors (Lipinski definition) is 3. The lowest BCUT2D eigenvalue weighted by Gasteiger charge is -2.39. The van der Waals surface area contributed by atoms with Crippen LogP contribution in [0.2, 0.25) is 0 Å². The number of hydrogen-bond donors (Lipinski definition) is 1. The lowest BCUT2D eigenvalue weighted by molar-refractivity contribution is -0.0862. The topological polar surface area (TPSA) is 47.6 Å². The lowest BCUT2D eigenvalue weighted by atomic mass is 9.88. The fourth-order valence-corrected chi connectivity index (χ4v) is 2.56. The number of nitrogens with one attached hydrogen (secondary N) is 1. The van der Waals surface area contributed by atoms with Gasteiger partial charge in [-0.2, -0.15) is 0 Å². The van der Waals surface area contributed by atoms with E-state index in [1.165, 1.54) is 0 Å². The van der Waals surface area contributed by atoms with Gasteiger partial charge in [-0.3, -0.25) is 0 Å². The molecule has 1 aliphatic heterocycles. The number of ether oxygens (including phenoxy) is 2. The first-order valence-electron chi connectivity index (χ1n) is 8.06. The van der Waals surface area contributed by atoms with Crippen molar-refractivity contribution in [3.05, 3.63) is 24.3 Å². The van der Waals surface area contributed by atoms with Gasteiger partial charge >= 0.3 is 6.09 Å². The summed E-state index contributed by atoms with van der Waals surface area (Å²) in [5.41, 5.74) is 0.682. The van der Waals surface area contributed by atoms with E-state index in [0.29, 0.717) is 5.92 Å². The Morgan fingerprint density at radius 3 is 2.59 bits per heavy atom. The van der Waals surface area contributed by atoms with Crippen LogP contribution in [0.3, 0.4) is 0 Å². The molecule has 0 unspecified atom stereocenters. The highest BCUT2D eigenvalue weighted by atomic mass is 16.6. The molecule has 0 aromatic rings. The van der Waals surface area contributed by atoms with Crippen LogP contribution in [0, 0.1) is 5.92 Å². The second-order valence-electron chi connectivity index (χ2n) is 7.23. The zero-order chi connectivity index (χ0) is 16.9. The van der Waals surface area contributed by atoms with Gasteiger partial charge in [-0.05, 0) is 53.4 Å². The van der Waals surface area contributed by atoms with Crippen LogP contribution in [0.1, 0.15) is 54.4 Å². The van der Waals surface area contributed by atoms with Crippen LogP contribution in [0.25, 0.3) is 0 Å². The first kappa shape index (κ1) is 18.8. The van der Waals surface area contributed by atoms with Gasteiger partial charge in [0.2, 0.25) is 0 Å². The number of carbonyl (C=O) groups is 1. The Morgan fingerprint density at radius 1 is 1.41 bits per heavy atom. The molecular weight excluding hydrogens is 278 g/mol. The molecule has 1 N–H and O–H groups in total. The van der Waals surface area contributed by atoms with Crippen molar-refractivity contribution in [2.75, 3.05) is 0 Å². The molecule has 1 saturated heterocycles. The highest BCUT2D eigenvalue weighted by Crippen LogP contribution is 2.28. The minimum absolute atomic E-state index is 0.00872. The minimum Gasteiger partial charge on any atom is -0.444 e. The number of carbonyl (C=O) groups excluding carboxylic acids is 1. The number of amides is 1.